The van der Waals surface area contributed by atoms with E-state index in [0.29, 0.717) is 5.56 Å². The summed E-state index contributed by atoms with van der Waals surface area (Å²) >= 11 is 0. The van der Waals surface area contributed by atoms with Crippen LogP contribution in [0.2, 0.25) is 0 Å². The van der Waals surface area contributed by atoms with Crippen LogP contribution in [0.5, 0.6) is 11.5 Å². The molecule has 0 amide bonds. The van der Waals surface area contributed by atoms with Crippen molar-refractivity contribution in [2.75, 3.05) is 13.1 Å². The van der Waals surface area contributed by atoms with E-state index >= 15 is 0 Å². The fourth-order valence-corrected chi connectivity index (χ4v) is 3.83. The lowest BCUT2D eigenvalue weighted by Crippen LogP contribution is -2.37. The largest absolute Gasteiger partial charge is 0.508 e. The number of fused-ring (bicyclic) bond motifs is 1. The third-order valence-electron chi connectivity index (χ3n) is 5.29. The highest BCUT2D eigenvalue weighted by molar-refractivity contribution is 5.88. The summed E-state index contributed by atoms with van der Waals surface area (Å²) in [5.41, 5.74) is 3.03. The van der Waals surface area contributed by atoms with E-state index in [4.69, 9.17) is 9.84 Å². The lowest BCUT2D eigenvalue weighted by molar-refractivity contribution is 0.0696. The number of nitrogens with zero attached hydrogens (tertiary/aromatic N) is 2. The minimum absolute atomic E-state index is 0.101. The first-order valence-corrected chi connectivity index (χ1v) is 9.79. The normalized spacial score (nSPS) is 15.5. The zero-order valence-corrected chi connectivity index (χ0v) is 16.3. The Morgan fingerprint density at radius 1 is 1.17 bits per heavy atom. The van der Waals surface area contributed by atoms with E-state index in [2.05, 4.69) is 9.88 Å². The molecule has 2 N–H and O–H groups in total. The molecule has 1 aromatic heterocycles. The number of phenols is 1. The van der Waals surface area contributed by atoms with Gasteiger partial charge in [-0.2, -0.15) is 0 Å². The smallest absolute Gasteiger partial charge is 0.335 e. The number of benzene rings is 2. The standard InChI is InChI=1S/C23H24N2O4/c1-15-11-22(20-13-18(26)5-6-21(20)24-15)29-19-7-9-25(10-8-19)14-16-3-2-4-17(12-16)23(27)28/h2-6,11-13,19,26H,7-10,14H2,1H3,(H,27,28). The van der Waals surface area contributed by atoms with Crippen LogP contribution in [-0.2, 0) is 6.54 Å². The van der Waals surface area contributed by atoms with E-state index in [1.54, 1.807) is 36.4 Å². The van der Waals surface area contributed by atoms with Crippen LogP contribution < -0.4 is 4.74 Å². The van der Waals surface area contributed by atoms with E-state index in [0.717, 1.165) is 60.4 Å². The number of aromatic carboxylic acids is 1. The van der Waals surface area contributed by atoms with Gasteiger partial charge in [0.2, 0.25) is 0 Å². The van der Waals surface area contributed by atoms with Crippen molar-refractivity contribution >= 4 is 16.9 Å². The summed E-state index contributed by atoms with van der Waals surface area (Å²) in [5, 5.41) is 19.8. The van der Waals surface area contributed by atoms with Gasteiger partial charge >= 0.3 is 5.97 Å². The molecule has 1 fully saturated rings. The molecule has 0 spiro atoms. The maximum atomic E-state index is 11.1. The van der Waals surface area contributed by atoms with Gasteiger partial charge in [-0.25, -0.2) is 4.79 Å². The van der Waals surface area contributed by atoms with Crippen LogP contribution in [0.4, 0.5) is 0 Å². The first-order chi connectivity index (χ1) is 14.0. The SMILES string of the molecule is Cc1cc(OC2CCN(Cc3cccc(C(=O)O)c3)CC2)c2cc(O)ccc2n1. The second-order valence-electron chi connectivity index (χ2n) is 7.56. The Kier molecular flexibility index (Phi) is 5.36. The van der Waals surface area contributed by atoms with E-state index < -0.39 is 5.97 Å². The maximum absolute atomic E-state index is 11.1. The lowest BCUT2D eigenvalue weighted by Gasteiger charge is -2.32. The molecule has 0 aliphatic carbocycles. The number of pyridine rings is 1. The van der Waals surface area contributed by atoms with Crippen molar-refractivity contribution in [1.82, 2.24) is 9.88 Å². The van der Waals surface area contributed by atoms with E-state index in [1.807, 2.05) is 19.1 Å². The van der Waals surface area contributed by atoms with Gasteiger partial charge in [-0.15, -0.1) is 0 Å². The molecule has 6 nitrogen and oxygen atoms in total. The summed E-state index contributed by atoms with van der Waals surface area (Å²) < 4.78 is 6.30. The van der Waals surface area contributed by atoms with Crippen molar-refractivity contribution < 1.29 is 19.7 Å². The molecular formula is C23H24N2O4. The zero-order valence-electron chi connectivity index (χ0n) is 16.3. The molecule has 2 heterocycles. The van der Waals surface area contributed by atoms with Crippen molar-refractivity contribution in [1.29, 1.82) is 0 Å². The molecule has 0 atom stereocenters. The van der Waals surface area contributed by atoms with Gasteiger partial charge in [-0.3, -0.25) is 9.88 Å². The number of likely N-dealkylation sites (tertiary alicyclic amines) is 1. The number of phenolic OH excluding ortho intramolecular Hbond substituents is 1. The Hall–Kier alpha value is -3.12. The fraction of sp³-hybridized carbons (Fsp3) is 0.304. The van der Waals surface area contributed by atoms with Gasteiger partial charge < -0.3 is 14.9 Å². The molecule has 0 bridgehead atoms. The van der Waals surface area contributed by atoms with Gasteiger partial charge in [0.05, 0.1) is 11.1 Å². The maximum Gasteiger partial charge on any atom is 0.335 e. The third kappa shape index (κ3) is 4.49. The number of carbonyl (C=O) groups is 1. The highest BCUT2D eigenvalue weighted by Gasteiger charge is 2.22. The summed E-state index contributed by atoms with van der Waals surface area (Å²) in [5.74, 6) is 0.0623. The summed E-state index contributed by atoms with van der Waals surface area (Å²) in [6, 6.07) is 14.2. The molecular weight excluding hydrogens is 368 g/mol. The van der Waals surface area contributed by atoms with Crippen LogP contribution >= 0.6 is 0 Å². The number of aryl methyl sites for hydroxylation is 1. The number of ether oxygens (including phenoxy) is 1. The average Bonchev–Trinajstić information content (AvgIpc) is 2.70. The summed E-state index contributed by atoms with van der Waals surface area (Å²) in [6.45, 7) is 4.44. The van der Waals surface area contributed by atoms with E-state index in [-0.39, 0.29) is 11.9 Å². The van der Waals surface area contributed by atoms with Gasteiger partial charge in [0, 0.05) is 36.8 Å². The van der Waals surface area contributed by atoms with Gasteiger partial charge in [-0.1, -0.05) is 12.1 Å². The predicted octanol–water partition coefficient (Wildman–Crippen LogP) is 3.99. The van der Waals surface area contributed by atoms with Crippen molar-refractivity contribution in [3.8, 4) is 11.5 Å². The highest BCUT2D eigenvalue weighted by atomic mass is 16.5. The minimum Gasteiger partial charge on any atom is -0.508 e. The third-order valence-corrected chi connectivity index (χ3v) is 5.29. The summed E-state index contributed by atoms with van der Waals surface area (Å²) in [4.78, 5) is 18.0. The first-order valence-electron chi connectivity index (χ1n) is 9.79. The van der Waals surface area contributed by atoms with Crippen molar-refractivity contribution in [3.63, 3.8) is 0 Å². The number of rotatable bonds is 5. The van der Waals surface area contributed by atoms with Crippen LogP contribution in [-0.4, -0.2) is 45.3 Å². The molecule has 1 aliphatic heterocycles. The topological polar surface area (TPSA) is 82.9 Å². The Labute approximate surface area is 169 Å². The van der Waals surface area contributed by atoms with Crippen LogP contribution in [0, 0.1) is 6.92 Å². The second-order valence-corrected chi connectivity index (χ2v) is 7.56. The summed E-state index contributed by atoms with van der Waals surface area (Å²) in [7, 11) is 0. The monoisotopic (exact) mass is 392 g/mol. The molecule has 0 saturated carbocycles. The highest BCUT2D eigenvalue weighted by Crippen LogP contribution is 2.30. The number of carboxylic acid groups (broad SMARTS) is 1. The van der Waals surface area contributed by atoms with Crippen LogP contribution in [0.15, 0.2) is 48.5 Å². The molecule has 3 aromatic rings. The Morgan fingerprint density at radius 2 is 1.97 bits per heavy atom. The van der Waals surface area contributed by atoms with Crippen molar-refractivity contribution in [3.05, 3.63) is 65.4 Å². The molecule has 6 heteroatoms. The van der Waals surface area contributed by atoms with E-state index in [1.165, 1.54) is 0 Å². The molecule has 0 unspecified atom stereocenters. The number of aromatic hydroxyl groups is 1. The quantitative estimate of drug-likeness (QED) is 0.683. The van der Waals surface area contributed by atoms with Crippen LogP contribution in [0.1, 0.15) is 34.5 Å². The molecule has 2 aromatic carbocycles. The lowest BCUT2D eigenvalue weighted by atomic mass is 10.1. The van der Waals surface area contributed by atoms with Crippen molar-refractivity contribution in [2.24, 2.45) is 0 Å². The average molecular weight is 392 g/mol. The van der Waals surface area contributed by atoms with Crippen LogP contribution in [0.3, 0.4) is 0 Å². The molecule has 0 radical (unpaired) electrons. The van der Waals surface area contributed by atoms with Crippen molar-refractivity contribution in [2.45, 2.75) is 32.4 Å². The van der Waals surface area contributed by atoms with Gasteiger partial charge in [0.15, 0.2) is 0 Å². The second kappa shape index (κ2) is 8.09. The molecule has 29 heavy (non-hydrogen) atoms. The van der Waals surface area contributed by atoms with E-state index in [9.17, 15) is 9.90 Å². The predicted molar refractivity (Wildman–Crippen MR) is 110 cm³/mol. The summed E-state index contributed by atoms with van der Waals surface area (Å²) in [6.07, 6.45) is 1.88. The number of carboxylic acids is 1. The first kappa shape index (κ1) is 19.2. The van der Waals surface area contributed by atoms with Gasteiger partial charge in [0.25, 0.3) is 0 Å². The number of hydrogen-bond acceptors (Lipinski definition) is 5. The molecule has 1 saturated heterocycles. The van der Waals surface area contributed by atoms with Gasteiger partial charge in [0.1, 0.15) is 17.6 Å². The number of piperidine rings is 1. The minimum atomic E-state index is -0.898. The van der Waals surface area contributed by atoms with Gasteiger partial charge in [-0.05, 0) is 55.7 Å². The Morgan fingerprint density at radius 3 is 2.72 bits per heavy atom. The number of aromatic nitrogens is 1. The molecule has 1 aliphatic rings. The molecule has 4 rings (SSSR count). The van der Waals surface area contributed by atoms with Crippen LogP contribution in [0.25, 0.3) is 10.9 Å². The number of hydrogen-bond donors (Lipinski definition) is 2. The zero-order chi connectivity index (χ0) is 20.4. The Balaban J connectivity index is 1.41. The Bertz CT molecular complexity index is 1040. The fourth-order valence-electron chi connectivity index (χ4n) is 3.83. The molecule has 150 valence electrons.